The summed E-state index contributed by atoms with van der Waals surface area (Å²) >= 11 is 0. The minimum absolute atomic E-state index is 0.164. The Bertz CT molecular complexity index is 341. The highest BCUT2D eigenvalue weighted by molar-refractivity contribution is 6.45. The summed E-state index contributed by atoms with van der Waals surface area (Å²) in [4.78, 5) is 11.0. The van der Waals surface area contributed by atoms with Crippen LogP contribution in [-0.4, -0.2) is 30.1 Å². The van der Waals surface area contributed by atoms with Gasteiger partial charge < -0.3 is 19.8 Å². The van der Waals surface area contributed by atoms with Crippen molar-refractivity contribution in [3.63, 3.8) is 0 Å². The van der Waals surface area contributed by atoms with Crippen LogP contribution in [0.3, 0.4) is 0 Å². The molecule has 1 fully saturated rings. The first kappa shape index (κ1) is 17.4. The Morgan fingerprint density at radius 1 is 1.20 bits per heavy atom. The molecule has 114 valence electrons. The summed E-state index contributed by atoms with van der Waals surface area (Å²) in [5, 5.41) is 0. The lowest BCUT2D eigenvalue weighted by Crippen LogP contribution is -2.41. The summed E-state index contributed by atoms with van der Waals surface area (Å²) in [5.74, 6) is 0. The molecule has 0 spiro atoms. The van der Waals surface area contributed by atoms with Gasteiger partial charge in [-0.15, -0.1) is 6.58 Å². The Hall–Kier alpha value is -0.645. The quantitative estimate of drug-likeness (QED) is 0.321. The van der Waals surface area contributed by atoms with Crippen LogP contribution < -0.4 is 5.73 Å². The molecule has 0 aromatic heterocycles. The van der Waals surface area contributed by atoms with E-state index in [-0.39, 0.29) is 18.3 Å². The highest BCUT2D eigenvalue weighted by Gasteiger charge is 2.50. The molecule has 2 N–H and O–H groups in total. The van der Waals surface area contributed by atoms with Crippen LogP contribution in [0.2, 0.25) is 6.32 Å². The molecule has 0 bridgehead atoms. The maximum atomic E-state index is 11.0. The van der Waals surface area contributed by atoms with Gasteiger partial charge in [0, 0.05) is 0 Å². The zero-order valence-corrected chi connectivity index (χ0v) is 13.3. The molecular formula is C15H28BNO3. The van der Waals surface area contributed by atoms with Crippen molar-refractivity contribution in [1.29, 1.82) is 0 Å². The van der Waals surface area contributed by atoms with Crippen molar-refractivity contribution in [3.05, 3.63) is 12.7 Å². The van der Waals surface area contributed by atoms with Gasteiger partial charge >= 0.3 is 7.12 Å². The number of hydrogen-bond acceptors (Lipinski definition) is 4. The number of carbonyl (C=O) groups excluding carboxylic acids is 1. The summed E-state index contributed by atoms with van der Waals surface area (Å²) in [5.41, 5.74) is 4.67. The van der Waals surface area contributed by atoms with Crippen molar-refractivity contribution in [3.8, 4) is 0 Å². The van der Waals surface area contributed by atoms with Crippen LogP contribution in [0, 0.1) is 0 Å². The van der Waals surface area contributed by atoms with Gasteiger partial charge in [0.2, 0.25) is 0 Å². The molecular weight excluding hydrogens is 253 g/mol. The van der Waals surface area contributed by atoms with Crippen LogP contribution in [0.15, 0.2) is 12.7 Å². The summed E-state index contributed by atoms with van der Waals surface area (Å²) in [6.45, 7) is 11.8. The Labute approximate surface area is 123 Å². The number of nitrogens with two attached hydrogens (primary N) is 1. The third kappa shape index (κ3) is 4.17. The average Bonchev–Trinajstić information content (AvgIpc) is 2.54. The van der Waals surface area contributed by atoms with Gasteiger partial charge in [-0.25, -0.2) is 0 Å². The predicted octanol–water partition coefficient (Wildman–Crippen LogP) is 2.72. The highest BCUT2D eigenvalue weighted by atomic mass is 16.7. The molecule has 0 aromatic rings. The van der Waals surface area contributed by atoms with Gasteiger partial charge in [-0.1, -0.05) is 18.9 Å². The van der Waals surface area contributed by atoms with Crippen LogP contribution in [0.5, 0.6) is 0 Å². The summed E-state index contributed by atoms with van der Waals surface area (Å²) in [6.07, 6.45) is 6.37. The highest BCUT2D eigenvalue weighted by Crippen LogP contribution is 2.38. The number of aldehydes is 1. The minimum Gasteiger partial charge on any atom is -0.403 e. The molecule has 1 saturated heterocycles. The van der Waals surface area contributed by atoms with Gasteiger partial charge in [0.25, 0.3) is 0 Å². The monoisotopic (exact) mass is 281 g/mol. The molecule has 1 aliphatic rings. The smallest absolute Gasteiger partial charge is 0.403 e. The van der Waals surface area contributed by atoms with E-state index in [0.29, 0.717) is 12.8 Å². The van der Waals surface area contributed by atoms with E-state index in [1.807, 2.05) is 27.7 Å². The van der Waals surface area contributed by atoms with E-state index >= 15 is 0 Å². The maximum Gasteiger partial charge on any atom is 0.457 e. The third-order valence-corrected chi connectivity index (χ3v) is 4.39. The summed E-state index contributed by atoms with van der Waals surface area (Å²) < 4.78 is 11.9. The number of carbonyl (C=O) groups is 1. The zero-order chi connectivity index (χ0) is 15.4. The molecule has 1 aliphatic heterocycles. The second kappa shape index (κ2) is 6.42. The van der Waals surface area contributed by atoms with E-state index in [4.69, 9.17) is 15.0 Å². The van der Waals surface area contributed by atoms with E-state index in [0.717, 1.165) is 25.4 Å². The van der Waals surface area contributed by atoms with E-state index in [1.165, 1.54) is 0 Å². The Morgan fingerprint density at radius 2 is 1.75 bits per heavy atom. The molecule has 1 rings (SSSR count). The first-order valence-corrected chi connectivity index (χ1v) is 7.37. The van der Waals surface area contributed by atoms with Gasteiger partial charge in [-0.3, -0.25) is 0 Å². The molecule has 0 aliphatic carbocycles. The third-order valence-electron chi connectivity index (χ3n) is 4.39. The number of rotatable bonds is 8. The van der Waals surface area contributed by atoms with E-state index in [1.54, 1.807) is 6.08 Å². The fourth-order valence-electron chi connectivity index (χ4n) is 2.33. The molecule has 20 heavy (non-hydrogen) atoms. The van der Waals surface area contributed by atoms with Crippen molar-refractivity contribution >= 4 is 13.4 Å². The molecule has 0 amide bonds. The second-order valence-corrected chi connectivity index (χ2v) is 6.78. The van der Waals surface area contributed by atoms with Crippen LogP contribution in [-0.2, 0) is 14.1 Å². The van der Waals surface area contributed by atoms with Gasteiger partial charge in [0.1, 0.15) is 6.29 Å². The molecule has 0 aromatic carbocycles. The maximum absolute atomic E-state index is 11.0. The molecule has 1 heterocycles. The lowest BCUT2D eigenvalue weighted by molar-refractivity contribution is -0.112. The number of unbranched alkanes of at least 4 members (excludes halogenated alkanes) is 1. The molecule has 1 unspecified atom stereocenters. The standard InChI is InChI=1S/C15H28BNO3/c1-6-9-15(17,12-18)10-7-8-11-16-19-13(2,3)14(4,5)20-16/h6,12H,1,7-11,17H2,2-5H3. The van der Waals surface area contributed by atoms with Crippen molar-refractivity contribution in [2.24, 2.45) is 5.73 Å². The molecule has 5 heteroatoms. The minimum atomic E-state index is -0.766. The van der Waals surface area contributed by atoms with Crippen molar-refractivity contribution in [2.75, 3.05) is 0 Å². The molecule has 0 saturated carbocycles. The van der Waals surface area contributed by atoms with Crippen molar-refractivity contribution in [2.45, 2.75) is 76.4 Å². The lowest BCUT2D eigenvalue weighted by atomic mass is 9.80. The van der Waals surface area contributed by atoms with Crippen LogP contribution in [0.1, 0.15) is 53.4 Å². The Morgan fingerprint density at radius 3 is 2.20 bits per heavy atom. The molecule has 1 atom stereocenters. The van der Waals surface area contributed by atoms with Gasteiger partial charge in [0.05, 0.1) is 16.7 Å². The van der Waals surface area contributed by atoms with Crippen LogP contribution >= 0.6 is 0 Å². The number of hydrogen-bond donors (Lipinski definition) is 1. The predicted molar refractivity (Wildman–Crippen MR) is 82.5 cm³/mol. The Balaban J connectivity index is 2.33. The van der Waals surface area contributed by atoms with E-state index in [9.17, 15) is 4.79 Å². The summed E-state index contributed by atoms with van der Waals surface area (Å²) in [7, 11) is -0.164. The second-order valence-electron chi connectivity index (χ2n) is 6.78. The fourth-order valence-corrected chi connectivity index (χ4v) is 2.33. The molecule has 4 nitrogen and oxygen atoms in total. The van der Waals surface area contributed by atoms with Crippen LogP contribution in [0.4, 0.5) is 0 Å². The molecule has 0 radical (unpaired) electrons. The van der Waals surface area contributed by atoms with E-state index in [2.05, 4.69) is 6.58 Å². The van der Waals surface area contributed by atoms with Gasteiger partial charge in [0.15, 0.2) is 0 Å². The SMILES string of the molecule is C=CCC(N)(C=O)CCCCB1OC(C)(C)C(C)(C)O1. The van der Waals surface area contributed by atoms with Gasteiger partial charge in [-0.05, 0) is 46.9 Å². The fraction of sp³-hybridized carbons (Fsp3) is 0.800. The topological polar surface area (TPSA) is 61.6 Å². The van der Waals surface area contributed by atoms with E-state index < -0.39 is 5.54 Å². The summed E-state index contributed by atoms with van der Waals surface area (Å²) in [6, 6.07) is 0. The Kier molecular flexibility index (Phi) is 5.58. The average molecular weight is 281 g/mol. The first-order valence-electron chi connectivity index (χ1n) is 7.37. The van der Waals surface area contributed by atoms with Crippen molar-refractivity contribution in [1.82, 2.24) is 0 Å². The van der Waals surface area contributed by atoms with Crippen molar-refractivity contribution < 1.29 is 14.1 Å². The zero-order valence-electron chi connectivity index (χ0n) is 13.3. The lowest BCUT2D eigenvalue weighted by Gasteiger charge is -2.32. The first-order chi connectivity index (χ1) is 9.16. The van der Waals surface area contributed by atoms with Crippen LogP contribution in [0.25, 0.3) is 0 Å². The van der Waals surface area contributed by atoms with Gasteiger partial charge in [-0.2, -0.15) is 0 Å². The normalized spacial score (nSPS) is 23.4. The largest absolute Gasteiger partial charge is 0.457 e.